The van der Waals surface area contributed by atoms with E-state index in [1.54, 1.807) is 25.1 Å². The van der Waals surface area contributed by atoms with Gasteiger partial charge in [0.15, 0.2) is 0 Å². The van der Waals surface area contributed by atoms with Crippen molar-refractivity contribution in [3.05, 3.63) is 87.7 Å². The third-order valence-corrected chi connectivity index (χ3v) is 5.67. The van der Waals surface area contributed by atoms with E-state index in [0.717, 1.165) is 4.90 Å². The molecule has 4 nitrogen and oxygen atoms in total. The molecule has 0 bridgehead atoms. The van der Waals surface area contributed by atoms with Crippen molar-refractivity contribution < 1.29 is 13.9 Å². The topological polar surface area (TPSA) is 62.8 Å². The predicted molar refractivity (Wildman–Crippen MR) is 104 cm³/mol. The van der Waals surface area contributed by atoms with Crippen LogP contribution in [0.2, 0.25) is 0 Å². The first-order chi connectivity index (χ1) is 13.0. The molecule has 1 aliphatic heterocycles. The Hall–Kier alpha value is -2.86. The molecule has 6 heteroatoms. The molecular formula is C21H16FNO3S. The molecule has 0 unspecified atom stereocenters. The second-order valence-corrected chi connectivity index (χ2v) is 7.51. The molecule has 0 spiro atoms. The van der Waals surface area contributed by atoms with Gasteiger partial charge in [-0.25, -0.2) is 9.18 Å². The van der Waals surface area contributed by atoms with E-state index in [1.807, 2.05) is 24.3 Å². The molecule has 136 valence electrons. The molecule has 27 heavy (non-hydrogen) atoms. The summed E-state index contributed by atoms with van der Waals surface area (Å²) < 4.78 is 19.6. The summed E-state index contributed by atoms with van der Waals surface area (Å²) in [6.45, 7) is 1.59. The average Bonchev–Trinajstić information content (AvgIpc) is 2.80. The van der Waals surface area contributed by atoms with Crippen molar-refractivity contribution in [2.45, 2.75) is 23.5 Å². The molecule has 1 aromatic heterocycles. The van der Waals surface area contributed by atoms with Gasteiger partial charge in [-0.3, -0.25) is 4.99 Å². The summed E-state index contributed by atoms with van der Waals surface area (Å²) in [6.07, 6.45) is 0.279. The van der Waals surface area contributed by atoms with Crippen molar-refractivity contribution in [3.63, 3.8) is 0 Å². The van der Waals surface area contributed by atoms with E-state index in [4.69, 9.17) is 4.42 Å². The largest absolute Gasteiger partial charge is 0.507 e. The summed E-state index contributed by atoms with van der Waals surface area (Å²) in [5.74, 6) is -0.177. The number of aryl methyl sites for hydroxylation is 1. The number of fused-ring (bicyclic) bond motifs is 1. The average molecular weight is 381 g/mol. The van der Waals surface area contributed by atoms with Gasteiger partial charge < -0.3 is 9.52 Å². The van der Waals surface area contributed by atoms with Gasteiger partial charge in [-0.2, -0.15) is 0 Å². The SMILES string of the molecule is Cc1cc(O)c(C2=Nc3ccccc3S[C@@H](c3ccccc3F)C2)c(=O)o1. The molecule has 0 radical (unpaired) electrons. The zero-order valence-electron chi connectivity index (χ0n) is 14.5. The zero-order chi connectivity index (χ0) is 19.0. The number of para-hydroxylation sites is 1. The summed E-state index contributed by atoms with van der Waals surface area (Å²) in [7, 11) is 0. The van der Waals surface area contributed by atoms with Crippen LogP contribution in [0.3, 0.4) is 0 Å². The van der Waals surface area contributed by atoms with Crippen LogP contribution in [0.25, 0.3) is 0 Å². The number of aromatic hydroxyl groups is 1. The Bertz CT molecular complexity index is 1110. The highest BCUT2D eigenvalue weighted by Gasteiger charge is 2.27. The van der Waals surface area contributed by atoms with Gasteiger partial charge in [0.05, 0.1) is 11.4 Å². The molecular weight excluding hydrogens is 365 g/mol. The van der Waals surface area contributed by atoms with Crippen molar-refractivity contribution in [1.82, 2.24) is 0 Å². The normalized spacial score (nSPS) is 16.4. The van der Waals surface area contributed by atoms with Gasteiger partial charge in [0, 0.05) is 28.2 Å². The number of nitrogens with zero attached hydrogens (tertiary/aromatic N) is 1. The predicted octanol–water partition coefficient (Wildman–Crippen LogP) is 5.15. The number of benzene rings is 2. The van der Waals surface area contributed by atoms with Gasteiger partial charge in [0.1, 0.15) is 22.9 Å². The van der Waals surface area contributed by atoms with Crippen LogP contribution >= 0.6 is 11.8 Å². The van der Waals surface area contributed by atoms with E-state index in [2.05, 4.69) is 4.99 Å². The lowest BCUT2D eigenvalue weighted by molar-refractivity contribution is 0.432. The molecule has 1 aliphatic rings. The fraction of sp³-hybridized carbons (Fsp3) is 0.143. The third kappa shape index (κ3) is 3.40. The van der Waals surface area contributed by atoms with Gasteiger partial charge in [-0.05, 0) is 25.1 Å². The quantitative estimate of drug-likeness (QED) is 0.667. The summed E-state index contributed by atoms with van der Waals surface area (Å²) in [5, 5.41) is 10.1. The fourth-order valence-electron chi connectivity index (χ4n) is 3.14. The van der Waals surface area contributed by atoms with Crippen LogP contribution in [0.15, 0.2) is 73.7 Å². The highest BCUT2D eigenvalue weighted by Crippen LogP contribution is 2.46. The smallest absolute Gasteiger partial charge is 0.348 e. The fourth-order valence-corrected chi connectivity index (χ4v) is 4.40. The van der Waals surface area contributed by atoms with Crippen molar-refractivity contribution >= 4 is 23.2 Å². The summed E-state index contributed by atoms with van der Waals surface area (Å²) >= 11 is 1.49. The van der Waals surface area contributed by atoms with Crippen LogP contribution in [0, 0.1) is 12.7 Å². The lowest BCUT2D eigenvalue weighted by Gasteiger charge is -2.16. The number of halogens is 1. The number of aliphatic imine (C=N–C) groups is 1. The lowest BCUT2D eigenvalue weighted by atomic mass is 10.0. The minimum atomic E-state index is -0.650. The highest BCUT2D eigenvalue weighted by molar-refractivity contribution is 7.99. The standard InChI is InChI=1S/C21H16FNO3S/c1-12-10-17(24)20(21(25)26-12)16-11-19(13-6-2-3-7-14(13)22)27-18-9-5-4-8-15(18)23-16/h2-10,19,24H,11H2,1H3/t19-/m1/s1. The van der Waals surface area contributed by atoms with E-state index in [9.17, 15) is 14.3 Å². The summed E-state index contributed by atoms with van der Waals surface area (Å²) in [4.78, 5) is 17.9. The molecule has 2 aromatic carbocycles. The molecule has 0 saturated heterocycles. The molecule has 3 aromatic rings. The van der Waals surface area contributed by atoms with Gasteiger partial charge in [-0.1, -0.05) is 30.3 Å². The van der Waals surface area contributed by atoms with E-state index < -0.39 is 5.63 Å². The maximum atomic E-state index is 14.4. The van der Waals surface area contributed by atoms with Gasteiger partial charge in [0.2, 0.25) is 0 Å². The van der Waals surface area contributed by atoms with Crippen LogP contribution < -0.4 is 5.63 Å². The third-order valence-electron chi connectivity index (χ3n) is 4.36. The van der Waals surface area contributed by atoms with Crippen LogP contribution in [-0.2, 0) is 0 Å². The Kier molecular flexibility index (Phi) is 4.58. The van der Waals surface area contributed by atoms with Crippen molar-refractivity contribution in [1.29, 1.82) is 0 Å². The number of rotatable bonds is 2. The Morgan fingerprint density at radius 2 is 1.93 bits per heavy atom. The minimum Gasteiger partial charge on any atom is -0.507 e. The first kappa shape index (κ1) is 17.5. The summed E-state index contributed by atoms with van der Waals surface area (Å²) in [5.41, 5.74) is 0.965. The van der Waals surface area contributed by atoms with Crippen LogP contribution in [0.5, 0.6) is 5.75 Å². The van der Waals surface area contributed by atoms with Gasteiger partial charge >= 0.3 is 5.63 Å². The maximum absolute atomic E-state index is 14.4. The van der Waals surface area contributed by atoms with Crippen LogP contribution in [0.1, 0.15) is 28.6 Å². The number of hydrogen-bond donors (Lipinski definition) is 1. The second-order valence-electron chi connectivity index (χ2n) is 6.26. The van der Waals surface area contributed by atoms with Crippen molar-refractivity contribution in [3.8, 4) is 5.75 Å². The number of hydrogen-bond acceptors (Lipinski definition) is 5. The molecule has 2 heterocycles. The molecule has 0 fully saturated rings. The van der Waals surface area contributed by atoms with E-state index in [0.29, 0.717) is 22.7 Å². The zero-order valence-corrected chi connectivity index (χ0v) is 15.3. The lowest BCUT2D eigenvalue weighted by Crippen LogP contribution is -2.17. The van der Waals surface area contributed by atoms with Crippen molar-refractivity contribution in [2.75, 3.05) is 0 Å². The van der Waals surface area contributed by atoms with E-state index in [1.165, 1.54) is 23.9 Å². The first-order valence-electron chi connectivity index (χ1n) is 8.44. The van der Waals surface area contributed by atoms with Gasteiger partial charge in [0.25, 0.3) is 0 Å². The molecule has 0 amide bonds. The Morgan fingerprint density at radius 1 is 1.19 bits per heavy atom. The summed E-state index contributed by atoms with van der Waals surface area (Å²) in [6, 6.07) is 15.5. The Labute approximate surface area is 159 Å². The maximum Gasteiger partial charge on any atom is 0.348 e. The Morgan fingerprint density at radius 3 is 2.70 bits per heavy atom. The van der Waals surface area contributed by atoms with E-state index in [-0.39, 0.29) is 28.8 Å². The molecule has 1 N–H and O–H groups in total. The minimum absolute atomic E-state index is 0.0271. The molecule has 0 saturated carbocycles. The molecule has 0 aliphatic carbocycles. The monoisotopic (exact) mass is 381 g/mol. The van der Waals surface area contributed by atoms with E-state index >= 15 is 0 Å². The highest BCUT2D eigenvalue weighted by atomic mass is 32.2. The Balaban J connectivity index is 1.90. The van der Waals surface area contributed by atoms with Crippen LogP contribution in [-0.4, -0.2) is 10.8 Å². The van der Waals surface area contributed by atoms with Gasteiger partial charge in [-0.15, -0.1) is 11.8 Å². The van der Waals surface area contributed by atoms with Crippen LogP contribution in [0.4, 0.5) is 10.1 Å². The number of thioether (sulfide) groups is 1. The molecule has 1 atom stereocenters. The second kappa shape index (κ2) is 7.04. The van der Waals surface area contributed by atoms with Crippen molar-refractivity contribution in [2.24, 2.45) is 4.99 Å². The first-order valence-corrected chi connectivity index (χ1v) is 9.32. The molecule has 4 rings (SSSR count).